The molecular weight excluding hydrogens is 286 g/mol. The van der Waals surface area contributed by atoms with Gasteiger partial charge in [0.25, 0.3) is 5.91 Å². The zero-order valence-electron chi connectivity index (χ0n) is 13.1. The molecule has 1 fully saturated rings. The summed E-state index contributed by atoms with van der Waals surface area (Å²) in [6.07, 6.45) is 3.02. The number of thiazole rings is 1. The van der Waals surface area contributed by atoms with E-state index in [4.69, 9.17) is 5.73 Å². The molecule has 0 bridgehead atoms. The van der Waals surface area contributed by atoms with Crippen molar-refractivity contribution in [1.29, 1.82) is 0 Å². The van der Waals surface area contributed by atoms with Crippen molar-refractivity contribution in [3.05, 3.63) is 4.88 Å². The van der Waals surface area contributed by atoms with Gasteiger partial charge >= 0.3 is 0 Å². The van der Waals surface area contributed by atoms with Gasteiger partial charge in [-0.2, -0.15) is 0 Å². The lowest BCUT2D eigenvalue weighted by molar-refractivity contribution is 0.0709. The number of hydrogen-bond donors (Lipinski definition) is 2. The van der Waals surface area contributed by atoms with Gasteiger partial charge in [0, 0.05) is 26.7 Å². The highest BCUT2D eigenvalue weighted by Gasteiger charge is 2.26. The fourth-order valence-electron chi connectivity index (χ4n) is 2.59. The summed E-state index contributed by atoms with van der Waals surface area (Å²) in [7, 11) is 3.85. The lowest BCUT2D eigenvalue weighted by Gasteiger charge is -2.31. The number of amides is 1. The first-order valence-electron chi connectivity index (χ1n) is 7.50. The van der Waals surface area contributed by atoms with E-state index in [9.17, 15) is 4.79 Å². The third-order valence-electron chi connectivity index (χ3n) is 3.90. The Kier molecular flexibility index (Phi) is 5.41. The Bertz CT molecular complexity index is 484. The zero-order valence-corrected chi connectivity index (χ0v) is 13.9. The van der Waals surface area contributed by atoms with E-state index in [0.29, 0.717) is 10.7 Å². The van der Waals surface area contributed by atoms with Crippen LogP contribution in [0.15, 0.2) is 0 Å². The van der Waals surface area contributed by atoms with Crippen LogP contribution in [0, 0.1) is 0 Å². The van der Waals surface area contributed by atoms with Gasteiger partial charge in [-0.25, -0.2) is 4.98 Å². The monoisotopic (exact) mass is 311 g/mol. The third-order valence-corrected chi connectivity index (χ3v) is 5.07. The summed E-state index contributed by atoms with van der Waals surface area (Å²) in [6.45, 7) is 4.95. The summed E-state index contributed by atoms with van der Waals surface area (Å²) >= 11 is 1.39. The summed E-state index contributed by atoms with van der Waals surface area (Å²) in [5.74, 6) is 0.344. The number of nitrogens with two attached hydrogens (primary N) is 1. The van der Waals surface area contributed by atoms with Gasteiger partial charge in [-0.1, -0.05) is 18.3 Å². The average Bonchev–Trinajstić information content (AvgIpc) is 2.89. The molecule has 21 heavy (non-hydrogen) atoms. The zero-order chi connectivity index (χ0) is 15.4. The maximum atomic E-state index is 12.6. The number of carbonyl (C=O) groups excluding carboxylic acids is 1. The van der Waals surface area contributed by atoms with Crippen LogP contribution in [0.3, 0.4) is 0 Å². The van der Waals surface area contributed by atoms with Crippen molar-refractivity contribution in [3.63, 3.8) is 0 Å². The number of nitrogens with zero attached hydrogens (tertiary/aromatic N) is 3. The van der Waals surface area contributed by atoms with Gasteiger partial charge in [0.15, 0.2) is 5.13 Å². The second kappa shape index (κ2) is 7.09. The van der Waals surface area contributed by atoms with Crippen molar-refractivity contribution in [3.8, 4) is 0 Å². The third kappa shape index (κ3) is 3.65. The fourth-order valence-corrected chi connectivity index (χ4v) is 3.54. The molecule has 2 rings (SSSR count). The number of piperidine rings is 1. The second-order valence-electron chi connectivity index (χ2n) is 5.53. The summed E-state index contributed by atoms with van der Waals surface area (Å²) < 4.78 is 0. The highest BCUT2D eigenvalue weighted by Crippen LogP contribution is 2.29. The molecule has 0 aliphatic carbocycles. The number of carbonyl (C=O) groups is 1. The van der Waals surface area contributed by atoms with E-state index in [1.807, 2.05) is 23.9 Å². The molecule has 1 amide bonds. The molecule has 0 saturated carbocycles. The van der Waals surface area contributed by atoms with Crippen molar-refractivity contribution in [1.82, 2.24) is 15.2 Å². The molecule has 7 heteroatoms. The molecule has 0 radical (unpaired) electrons. The Labute approximate surface area is 130 Å². The first-order chi connectivity index (χ1) is 10.0. The SMILES string of the molecule is CCCN(C)c1nc(N)c(C(=O)N(C)C2CCNCC2)s1. The Morgan fingerprint density at radius 2 is 2.10 bits per heavy atom. The largest absolute Gasteiger partial charge is 0.382 e. The van der Waals surface area contributed by atoms with Crippen LogP contribution in [0.5, 0.6) is 0 Å². The van der Waals surface area contributed by atoms with Gasteiger partial charge in [0.1, 0.15) is 10.7 Å². The van der Waals surface area contributed by atoms with E-state index in [-0.39, 0.29) is 11.9 Å². The molecule has 3 N–H and O–H groups in total. The van der Waals surface area contributed by atoms with Crippen molar-refractivity contribution >= 4 is 28.2 Å². The van der Waals surface area contributed by atoms with Gasteiger partial charge in [-0.15, -0.1) is 0 Å². The van der Waals surface area contributed by atoms with Crippen LogP contribution < -0.4 is 16.0 Å². The average molecular weight is 311 g/mol. The normalized spacial score (nSPS) is 16.0. The molecule has 118 valence electrons. The standard InChI is InChI=1S/C14H25N5OS/c1-4-9-18(2)14-17-12(15)11(21-14)13(20)19(3)10-5-7-16-8-6-10/h10,16H,4-9,15H2,1-3H3. The molecule has 0 spiro atoms. The van der Waals surface area contributed by atoms with Crippen molar-refractivity contribution in [2.45, 2.75) is 32.2 Å². The van der Waals surface area contributed by atoms with Crippen molar-refractivity contribution in [2.75, 3.05) is 44.4 Å². The predicted molar refractivity (Wildman–Crippen MR) is 88.1 cm³/mol. The maximum absolute atomic E-state index is 12.6. The molecule has 1 aliphatic heterocycles. The first kappa shape index (κ1) is 16.0. The lowest BCUT2D eigenvalue weighted by Crippen LogP contribution is -2.43. The van der Waals surface area contributed by atoms with E-state index in [1.54, 1.807) is 0 Å². The van der Waals surface area contributed by atoms with Gasteiger partial charge in [0.2, 0.25) is 0 Å². The Hall–Kier alpha value is -1.34. The number of nitrogens with one attached hydrogen (secondary N) is 1. The molecule has 0 aromatic carbocycles. The molecule has 6 nitrogen and oxygen atoms in total. The molecule has 1 aliphatic rings. The van der Waals surface area contributed by atoms with E-state index in [2.05, 4.69) is 17.2 Å². The minimum atomic E-state index is -0.00644. The van der Waals surface area contributed by atoms with Crippen LogP contribution in [-0.2, 0) is 0 Å². The summed E-state index contributed by atoms with van der Waals surface area (Å²) in [5.41, 5.74) is 5.96. The lowest BCUT2D eigenvalue weighted by atomic mass is 10.1. The van der Waals surface area contributed by atoms with Crippen LogP contribution >= 0.6 is 11.3 Å². The summed E-state index contributed by atoms with van der Waals surface area (Å²) in [4.78, 5) is 21.4. The number of hydrogen-bond acceptors (Lipinski definition) is 6. The quantitative estimate of drug-likeness (QED) is 0.860. The van der Waals surface area contributed by atoms with E-state index >= 15 is 0 Å². The molecular formula is C14H25N5OS. The Balaban J connectivity index is 2.11. The highest BCUT2D eigenvalue weighted by atomic mass is 32.1. The number of anilines is 2. The van der Waals surface area contributed by atoms with Crippen molar-refractivity contribution < 1.29 is 4.79 Å². The summed E-state index contributed by atoms with van der Waals surface area (Å²) in [5, 5.41) is 4.13. The molecule has 0 atom stereocenters. The Morgan fingerprint density at radius 1 is 1.43 bits per heavy atom. The molecule has 0 unspecified atom stereocenters. The minimum absolute atomic E-state index is 0.00644. The van der Waals surface area contributed by atoms with E-state index in [0.717, 1.165) is 44.0 Å². The van der Waals surface area contributed by atoms with Crippen LogP contribution in [0.2, 0.25) is 0 Å². The van der Waals surface area contributed by atoms with Gasteiger partial charge < -0.3 is 20.9 Å². The number of aromatic nitrogens is 1. The van der Waals surface area contributed by atoms with E-state index < -0.39 is 0 Å². The first-order valence-corrected chi connectivity index (χ1v) is 8.31. The molecule has 1 aromatic rings. The fraction of sp³-hybridized carbons (Fsp3) is 0.714. The smallest absolute Gasteiger partial charge is 0.267 e. The predicted octanol–water partition coefficient (Wildman–Crippen LogP) is 1.40. The van der Waals surface area contributed by atoms with Crippen LogP contribution in [0.1, 0.15) is 35.9 Å². The van der Waals surface area contributed by atoms with Crippen molar-refractivity contribution in [2.24, 2.45) is 0 Å². The van der Waals surface area contributed by atoms with Crippen LogP contribution in [0.4, 0.5) is 10.9 Å². The summed E-state index contributed by atoms with van der Waals surface area (Å²) in [6, 6.07) is 0.289. The van der Waals surface area contributed by atoms with Gasteiger partial charge in [-0.05, 0) is 32.4 Å². The van der Waals surface area contributed by atoms with Gasteiger partial charge in [0.05, 0.1) is 0 Å². The maximum Gasteiger partial charge on any atom is 0.267 e. The number of nitrogen functional groups attached to an aromatic ring is 1. The molecule has 1 saturated heterocycles. The van der Waals surface area contributed by atoms with Crippen LogP contribution in [0.25, 0.3) is 0 Å². The molecule has 1 aromatic heterocycles. The molecule has 2 heterocycles. The topological polar surface area (TPSA) is 74.5 Å². The number of rotatable bonds is 5. The van der Waals surface area contributed by atoms with Gasteiger partial charge in [-0.3, -0.25) is 4.79 Å². The minimum Gasteiger partial charge on any atom is -0.382 e. The van der Waals surface area contributed by atoms with E-state index in [1.165, 1.54) is 11.3 Å². The Morgan fingerprint density at radius 3 is 2.71 bits per heavy atom. The highest BCUT2D eigenvalue weighted by molar-refractivity contribution is 7.18. The van der Waals surface area contributed by atoms with Crippen LogP contribution in [-0.4, -0.2) is 55.6 Å². The second-order valence-corrected chi connectivity index (χ2v) is 6.51.